The van der Waals surface area contributed by atoms with Crippen LogP contribution in [-0.4, -0.2) is 48.8 Å². The summed E-state index contributed by atoms with van der Waals surface area (Å²) < 4.78 is 5.44. The highest BCUT2D eigenvalue weighted by molar-refractivity contribution is 7.11. The van der Waals surface area contributed by atoms with Gasteiger partial charge in [-0.1, -0.05) is 13.8 Å². The number of urea groups is 1. The number of nitrogens with one attached hydrogen (secondary N) is 1. The lowest BCUT2D eigenvalue weighted by Crippen LogP contribution is -2.50. The number of carbonyl (C=O) groups is 1. The molecular formula is C15H25N3O2S. The summed E-state index contributed by atoms with van der Waals surface area (Å²) in [7, 11) is 1.72. The minimum Gasteiger partial charge on any atom is -0.379 e. The minimum atomic E-state index is 0.0104. The Morgan fingerprint density at radius 1 is 1.62 bits per heavy atom. The second kappa shape index (κ2) is 7.75. The number of methoxy groups -OCH3 is 1. The van der Waals surface area contributed by atoms with E-state index in [-0.39, 0.29) is 12.1 Å². The molecule has 1 aliphatic heterocycles. The van der Waals surface area contributed by atoms with Crippen molar-refractivity contribution in [2.45, 2.75) is 39.2 Å². The molecule has 0 aromatic carbocycles. The molecule has 1 aliphatic rings. The molecule has 6 heteroatoms. The third-order valence-corrected chi connectivity index (χ3v) is 5.25. The Morgan fingerprint density at radius 3 is 3.10 bits per heavy atom. The molecule has 0 aliphatic carbocycles. The van der Waals surface area contributed by atoms with Gasteiger partial charge in [0.05, 0.1) is 11.1 Å². The number of rotatable bonds is 5. The summed E-state index contributed by atoms with van der Waals surface area (Å²) >= 11 is 1.73. The average Bonchev–Trinajstić information content (AvgIpc) is 2.95. The normalized spacial score (nSPS) is 22.3. The molecule has 21 heavy (non-hydrogen) atoms. The van der Waals surface area contributed by atoms with Crippen molar-refractivity contribution >= 4 is 17.4 Å². The molecule has 2 amide bonds. The molecule has 2 atom stereocenters. The maximum atomic E-state index is 12.2. The second-order valence-electron chi connectivity index (χ2n) is 5.54. The van der Waals surface area contributed by atoms with Crippen LogP contribution in [0.1, 0.15) is 30.2 Å². The van der Waals surface area contributed by atoms with E-state index in [9.17, 15) is 4.79 Å². The Bertz CT molecular complexity index is 464. The van der Waals surface area contributed by atoms with Crippen molar-refractivity contribution in [3.63, 3.8) is 0 Å². The number of thiazole rings is 1. The number of amides is 2. The first-order valence-electron chi connectivity index (χ1n) is 7.63. The maximum Gasteiger partial charge on any atom is 0.317 e. The Kier molecular flexibility index (Phi) is 5.99. The Labute approximate surface area is 130 Å². The van der Waals surface area contributed by atoms with Crippen molar-refractivity contribution in [1.29, 1.82) is 0 Å². The van der Waals surface area contributed by atoms with Gasteiger partial charge < -0.3 is 15.0 Å². The number of aromatic nitrogens is 1. The molecule has 2 rings (SSSR count). The highest BCUT2D eigenvalue weighted by Gasteiger charge is 2.28. The van der Waals surface area contributed by atoms with Gasteiger partial charge in [-0.3, -0.25) is 0 Å². The fraction of sp³-hybridized carbons (Fsp3) is 0.733. The lowest BCUT2D eigenvalue weighted by atomic mass is 9.96. The summed E-state index contributed by atoms with van der Waals surface area (Å²) in [6.45, 7) is 6.43. The van der Waals surface area contributed by atoms with E-state index in [2.05, 4.69) is 24.1 Å². The number of nitrogens with zero attached hydrogens (tertiary/aromatic N) is 2. The van der Waals surface area contributed by atoms with Crippen LogP contribution in [0.4, 0.5) is 4.79 Å². The van der Waals surface area contributed by atoms with Crippen LogP contribution in [0.25, 0.3) is 0 Å². The van der Waals surface area contributed by atoms with E-state index in [1.54, 1.807) is 18.4 Å². The van der Waals surface area contributed by atoms with Crippen molar-refractivity contribution in [1.82, 2.24) is 15.2 Å². The van der Waals surface area contributed by atoms with E-state index >= 15 is 0 Å². The van der Waals surface area contributed by atoms with Gasteiger partial charge in [-0.15, -0.1) is 11.3 Å². The van der Waals surface area contributed by atoms with Crippen LogP contribution in [-0.2, 0) is 17.6 Å². The van der Waals surface area contributed by atoms with Crippen LogP contribution in [0.15, 0.2) is 6.20 Å². The fourth-order valence-corrected chi connectivity index (χ4v) is 3.40. The number of ether oxygens (including phenoxy) is 1. The highest BCUT2D eigenvalue weighted by atomic mass is 32.1. The third kappa shape index (κ3) is 4.41. The zero-order valence-electron chi connectivity index (χ0n) is 13.1. The molecule has 0 bridgehead atoms. The number of carbonyl (C=O) groups excluding carboxylic acids is 1. The predicted molar refractivity (Wildman–Crippen MR) is 84.7 cm³/mol. The standard InChI is InChI=1S/C15H25N3O2S/c1-4-12-9-17-14(21-12)5-7-16-15(19)18-8-6-11(2)13(10-18)20-3/h9,11,13H,4-8,10H2,1-3H3,(H,16,19). The molecule has 5 nitrogen and oxygen atoms in total. The van der Waals surface area contributed by atoms with E-state index < -0.39 is 0 Å². The molecule has 118 valence electrons. The largest absolute Gasteiger partial charge is 0.379 e. The third-order valence-electron chi connectivity index (χ3n) is 4.04. The van der Waals surface area contributed by atoms with E-state index in [1.807, 2.05) is 11.1 Å². The zero-order chi connectivity index (χ0) is 15.2. The molecule has 2 unspecified atom stereocenters. The maximum absolute atomic E-state index is 12.2. The van der Waals surface area contributed by atoms with Crippen molar-refractivity contribution in [2.24, 2.45) is 5.92 Å². The topological polar surface area (TPSA) is 54.5 Å². The number of piperidine rings is 1. The summed E-state index contributed by atoms with van der Waals surface area (Å²) in [6, 6.07) is 0.0104. The van der Waals surface area contributed by atoms with Crippen molar-refractivity contribution in [3.8, 4) is 0 Å². The molecule has 0 saturated carbocycles. The van der Waals surface area contributed by atoms with Gasteiger partial charge in [-0.2, -0.15) is 0 Å². The molecule has 1 aromatic heterocycles. The smallest absolute Gasteiger partial charge is 0.317 e. The Morgan fingerprint density at radius 2 is 2.43 bits per heavy atom. The quantitative estimate of drug-likeness (QED) is 0.908. The van der Waals surface area contributed by atoms with E-state index in [1.165, 1.54) is 4.88 Å². The molecule has 1 fully saturated rings. The number of aryl methyl sites for hydroxylation is 1. The van der Waals surface area contributed by atoms with Gasteiger partial charge in [0.15, 0.2) is 0 Å². The average molecular weight is 311 g/mol. The summed E-state index contributed by atoms with van der Waals surface area (Å²) in [6.07, 6.45) is 4.90. The number of hydrogen-bond acceptors (Lipinski definition) is 4. The number of hydrogen-bond donors (Lipinski definition) is 1. The van der Waals surface area contributed by atoms with Gasteiger partial charge in [-0.05, 0) is 18.8 Å². The van der Waals surface area contributed by atoms with Crippen LogP contribution in [0.3, 0.4) is 0 Å². The van der Waals surface area contributed by atoms with Gasteiger partial charge in [0.25, 0.3) is 0 Å². The Balaban J connectivity index is 1.74. The van der Waals surface area contributed by atoms with Crippen LogP contribution in [0, 0.1) is 5.92 Å². The summed E-state index contributed by atoms with van der Waals surface area (Å²) in [5.74, 6) is 0.516. The van der Waals surface area contributed by atoms with Crippen LogP contribution < -0.4 is 5.32 Å². The molecule has 0 radical (unpaired) electrons. The zero-order valence-corrected chi connectivity index (χ0v) is 13.9. The lowest BCUT2D eigenvalue weighted by molar-refractivity contribution is 0.00722. The summed E-state index contributed by atoms with van der Waals surface area (Å²) in [5.41, 5.74) is 0. The molecule has 1 aromatic rings. The van der Waals surface area contributed by atoms with Crippen LogP contribution in [0.5, 0.6) is 0 Å². The minimum absolute atomic E-state index is 0.0104. The number of likely N-dealkylation sites (tertiary alicyclic amines) is 1. The van der Waals surface area contributed by atoms with E-state index in [0.29, 0.717) is 19.0 Å². The lowest BCUT2D eigenvalue weighted by Gasteiger charge is -2.36. The molecule has 1 saturated heterocycles. The first kappa shape index (κ1) is 16.2. The molecule has 0 spiro atoms. The van der Waals surface area contributed by atoms with Gasteiger partial charge in [0, 0.05) is 44.2 Å². The first-order chi connectivity index (χ1) is 10.1. The van der Waals surface area contributed by atoms with Crippen LogP contribution in [0.2, 0.25) is 0 Å². The Hall–Kier alpha value is -1.14. The van der Waals surface area contributed by atoms with Gasteiger partial charge in [0.2, 0.25) is 0 Å². The van der Waals surface area contributed by atoms with Crippen molar-refractivity contribution in [3.05, 3.63) is 16.1 Å². The summed E-state index contributed by atoms with van der Waals surface area (Å²) in [4.78, 5) is 19.7. The molecular weight excluding hydrogens is 286 g/mol. The monoisotopic (exact) mass is 311 g/mol. The predicted octanol–water partition coefficient (Wildman–Crippen LogP) is 2.31. The van der Waals surface area contributed by atoms with E-state index in [0.717, 1.165) is 30.8 Å². The SMILES string of the molecule is CCc1cnc(CCNC(=O)N2CCC(C)C(OC)C2)s1. The first-order valence-corrected chi connectivity index (χ1v) is 8.44. The van der Waals surface area contributed by atoms with Crippen molar-refractivity contribution < 1.29 is 9.53 Å². The fourth-order valence-electron chi connectivity index (χ4n) is 2.54. The van der Waals surface area contributed by atoms with Gasteiger partial charge in [0.1, 0.15) is 0 Å². The molecule has 2 heterocycles. The van der Waals surface area contributed by atoms with E-state index in [4.69, 9.17) is 4.74 Å². The van der Waals surface area contributed by atoms with Gasteiger partial charge in [-0.25, -0.2) is 9.78 Å². The second-order valence-corrected chi connectivity index (χ2v) is 6.74. The van der Waals surface area contributed by atoms with Gasteiger partial charge >= 0.3 is 6.03 Å². The summed E-state index contributed by atoms with van der Waals surface area (Å²) in [5, 5.41) is 4.08. The van der Waals surface area contributed by atoms with Crippen LogP contribution >= 0.6 is 11.3 Å². The van der Waals surface area contributed by atoms with Crippen molar-refractivity contribution in [2.75, 3.05) is 26.7 Å². The highest BCUT2D eigenvalue weighted by Crippen LogP contribution is 2.19. The molecule has 1 N–H and O–H groups in total.